The first-order chi connectivity index (χ1) is 6.84. The molecule has 1 aliphatic rings. The van der Waals surface area contributed by atoms with Gasteiger partial charge in [0.2, 0.25) is 10.0 Å². The van der Waals surface area contributed by atoms with Gasteiger partial charge in [-0.15, -0.1) is 0 Å². The quantitative estimate of drug-likeness (QED) is 0.699. The van der Waals surface area contributed by atoms with Crippen LogP contribution in [0, 0.1) is 11.8 Å². The monoisotopic (exact) mass is 235 g/mol. The summed E-state index contributed by atoms with van der Waals surface area (Å²) in [5.74, 6) is -1.69. The molecule has 1 atom stereocenters. The first-order valence-corrected chi connectivity index (χ1v) is 6.60. The van der Waals surface area contributed by atoms with Gasteiger partial charge in [0.1, 0.15) is 0 Å². The molecule has 0 aliphatic heterocycles. The van der Waals surface area contributed by atoms with E-state index in [2.05, 4.69) is 4.72 Å². The van der Waals surface area contributed by atoms with Gasteiger partial charge >= 0.3 is 5.97 Å². The van der Waals surface area contributed by atoms with Crippen LogP contribution >= 0.6 is 0 Å². The Balaban J connectivity index is 2.50. The lowest BCUT2D eigenvalue weighted by Gasteiger charge is -2.16. The largest absolute Gasteiger partial charge is 0.481 e. The van der Waals surface area contributed by atoms with Gasteiger partial charge in [-0.25, -0.2) is 13.1 Å². The molecule has 88 valence electrons. The number of carboxylic acids is 1. The third kappa shape index (κ3) is 3.46. The highest BCUT2D eigenvalue weighted by Gasteiger charge is 2.36. The Hall–Kier alpha value is -0.620. The van der Waals surface area contributed by atoms with Gasteiger partial charge < -0.3 is 5.11 Å². The lowest BCUT2D eigenvalue weighted by molar-refractivity contribution is -0.142. The van der Waals surface area contributed by atoms with Crippen molar-refractivity contribution < 1.29 is 18.3 Å². The van der Waals surface area contributed by atoms with E-state index in [9.17, 15) is 13.2 Å². The summed E-state index contributed by atoms with van der Waals surface area (Å²) in [7, 11) is -3.26. The van der Waals surface area contributed by atoms with E-state index < -0.39 is 21.9 Å². The minimum atomic E-state index is -3.26. The first-order valence-electron chi connectivity index (χ1n) is 5.06. The van der Waals surface area contributed by atoms with E-state index in [1.807, 2.05) is 0 Å². The normalized spacial score (nSPS) is 19.1. The summed E-state index contributed by atoms with van der Waals surface area (Å²) in [6.07, 6.45) is 1.38. The van der Waals surface area contributed by atoms with Gasteiger partial charge in [-0.2, -0.15) is 0 Å². The van der Waals surface area contributed by atoms with Crippen LogP contribution in [0.4, 0.5) is 0 Å². The predicted octanol–water partition coefficient (Wildman–Crippen LogP) is 0.425. The fourth-order valence-corrected chi connectivity index (χ4v) is 2.71. The third-order valence-corrected chi connectivity index (χ3v) is 4.51. The van der Waals surface area contributed by atoms with Crippen LogP contribution in [0.1, 0.15) is 26.7 Å². The highest BCUT2D eigenvalue weighted by atomic mass is 32.2. The van der Waals surface area contributed by atoms with E-state index in [0.29, 0.717) is 12.8 Å². The van der Waals surface area contributed by atoms with Crippen molar-refractivity contribution in [3.05, 3.63) is 0 Å². The SMILES string of the molecule is CC(C)C(CNS(=O)(=O)C1CC1)C(=O)O. The third-order valence-electron chi connectivity index (χ3n) is 2.59. The summed E-state index contributed by atoms with van der Waals surface area (Å²) >= 11 is 0. The Labute approximate surface area is 89.9 Å². The number of sulfonamides is 1. The van der Waals surface area contributed by atoms with Gasteiger partial charge in [0, 0.05) is 6.54 Å². The highest BCUT2D eigenvalue weighted by Crippen LogP contribution is 2.27. The first kappa shape index (κ1) is 12.4. The van der Waals surface area contributed by atoms with Gasteiger partial charge in [-0.05, 0) is 18.8 Å². The topological polar surface area (TPSA) is 83.5 Å². The molecule has 1 aliphatic carbocycles. The van der Waals surface area contributed by atoms with Crippen molar-refractivity contribution in [2.45, 2.75) is 31.9 Å². The minimum Gasteiger partial charge on any atom is -0.481 e. The maximum absolute atomic E-state index is 11.4. The Morgan fingerprint density at radius 1 is 1.47 bits per heavy atom. The van der Waals surface area contributed by atoms with Crippen molar-refractivity contribution in [1.82, 2.24) is 4.72 Å². The second-order valence-corrected chi connectivity index (χ2v) is 6.33. The van der Waals surface area contributed by atoms with E-state index in [1.165, 1.54) is 0 Å². The molecule has 1 rings (SSSR count). The average Bonchev–Trinajstić information content (AvgIpc) is 2.83. The maximum atomic E-state index is 11.4. The zero-order valence-electron chi connectivity index (χ0n) is 8.93. The standard InChI is InChI=1S/C9H17NO4S/c1-6(2)8(9(11)12)5-10-15(13,14)7-3-4-7/h6-8,10H,3-5H2,1-2H3,(H,11,12). The molecule has 2 N–H and O–H groups in total. The molecule has 0 amide bonds. The number of hydrogen-bond acceptors (Lipinski definition) is 3. The maximum Gasteiger partial charge on any atom is 0.308 e. The van der Waals surface area contributed by atoms with Crippen LogP contribution in [0.5, 0.6) is 0 Å². The molecule has 0 radical (unpaired) electrons. The van der Waals surface area contributed by atoms with Crippen LogP contribution in [-0.2, 0) is 14.8 Å². The van der Waals surface area contributed by atoms with Crippen LogP contribution in [-0.4, -0.2) is 31.3 Å². The molecule has 15 heavy (non-hydrogen) atoms. The fraction of sp³-hybridized carbons (Fsp3) is 0.889. The number of nitrogens with one attached hydrogen (secondary N) is 1. The molecule has 1 fully saturated rings. The van der Waals surface area contributed by atoms with E-state index in [1.54, 1.807) is 13.8 Å². The van der Waals surface area contributed by atoms with Gasteiger partial charge in [-0.1, -0.05) is 13.8 Å². The van der Waals surface area contributed by atoms with Crippen molar-refractivity contribution in [3.63, 3.8) is 0 Å². The second kappa shape index (κ2) is 4.49. The van der Waals surface area contributed by atoms with Gasteiger partial charge in [-0.3, -0.25) is 4.79 Å². The van der Waals surface area contributed by atoms with Gasteiger partial charge in [0.05, 0.1) is 11.2 Å². The predicted molar refractivity (Wildman–Crippen MR) is 55.9 cm³/mol. The molecule has 0 aromatic rings. The summed E-state index contributed by atoms with van der Waals surface area (Å²) < 4.78 is 25.3. The van der Waals surface area contributed by atoms with Crippen molar-refractivity contribution in [2.75, 3.05) is 6.54 Å². The molecule has 5 nitrogen and oxygen atoms in total. The van der Waals surface area contributed by atoms with Crippen LogP contribution in [0.25, 0.3) is 0 Å². The van der Waals surface area contributed by atoms with Crippen LogP contribution < -0.4 is 4.72 Å². The molecule has 0 aromatic heterocycles. The van der Waals surface area contributed by atoms with Crippen LogP contribution in [0.3, 0.4) is 0 Å². The molecule has 0 saturated heterocycles. The fourth-order valence-electron chi connectivity index (χ4n) is 1.31. The smallest absolute Gasteiger partial charge is 0.308 e. The summed E-state index contributed by atoms with van der Waals surface area (Å²) in [5.41, 5.74) is 0. The molecule has 1 saturated carbocycles. The van der Waals surface area contributed by atoms with Crippen molar-refractivity contribution in [1.29, 1.82) is 0 Å². The number of rotatable bonds is 6. The summed E-state index contributed by atoms with van der Waals surface area (Å²) in [4.78, 5) is 10.8. The number of carbonyl (C=O) groups is 1. The van der Waals surface area contributed by atoms with Gasteiger partial charge in [0.25, 0.3) is 0 Å². The lowest BCUT2D eigenvalue weighted by atomic mass is 9.97. The van der Waals surface area contributed by atoms with E-state index in [-0.39, 0.29) is 17.7 Å². The molecular formula is C9H17NO4S. The lowest BCUT2D eigenvalue weighted by Crippen LogP contribution is -2.37. The average molecular weight is 235 g/mol. The molecule has 1 unspecified atom stereocenters. The Bertz CT molecular complexity index is 332. The summed E-state index contributed by atoms with van der Waals surface area (Å²) in [6, 6.07) is 0. The Morgan fingerprint density at radius 3 is 2.33 bits per heavy atom. The Morgan fingerprint density at radius 2 is 2.00 bits per heavy atom. The molecule has 6 heteroatoms. The number of hydrogen-bond donors (Lipinski definition) is 2. The second-order valence-electron chi connectivity index (χ2n) is 4.28. The summed E-state index contributed by atoms with van der Waals surface area (Å²) in [5, 5.41) is 8.57. The van der Waals surface area contributed by atoms with Gasteiger partial charge in [0.15, 0.2) is 0 Å². The zero-order valence-corrected chi connectivity index (χ0v) is 9.75. The zero-order chi connectivity index (χ0) is 11.6. The van der Waals surface area contributed by atoms with E-state index in [0.717, 1.165) is 0 Å². The molecule has 0 spiro atoms. The highest BCUT2D eigenvalue weighted by molar-refractivity contribution is 7.90. The molecule has 0 bridgehead atoms. The number of aliphatic carboxylic acids is 1. The molecule has 0 heterocycles. The summed E-state index contributed by atoms with van der Waals surface area (Å²) in [6.45, 7) is 3.53. The Kier molecular flexibility index (Phi) is 3.72. The van der Waals surface area contributed by atoms with Crippen LogP contribution in [0.15, 0.2) is 0 Å². The van der Waals surface area contributed by atoms with Crippen molar-refractivity contribution in [2.24, 2.45) is 11.8 Å². The van der Waals surface area contributed by atoms with Crippen molar-refractivity contribution in [3.8, 4) is 0 Å². The minimum absolute atomic E-state index is 0.00810. The molecule has 0 aromatic carbocycles. The number of carboxylic acid groups (broad SMARTS) is 1. The van der Waals surface area contributed by atoms with Crippen molar-refractivity contribution >= 4 is 16.0 Å². The van der Waals surface area contributed by atoms with E-state index in [4.69, 9.17) is 5.11 Å². The van der Waals surface area contributed by atoms with E-state index >= 15 is 0 Å². The molecular weight excluding hydrogens is 218 g/mol. The van der Waals surface area contributed by atoms with Crippen LogP contribution in [0.2, 0.25) is 0 Å².